The number of aromatic nitrogens is 3. The molecule has 0 saturated carbocycles. The first-order chi connectivity index (χ1) is 15.0. The third kappa shape index (κ3) is 3.17. The number of rotatable bonds is 4. The van der Waals surface area contributed by atoms with Crippen molar-refractivity contribution in [3.63, 3.8) is 0 Å². The average Bonchev–Trinajstić information content (AvgIpc) is 3.31. The van der Waals surface area contributed by atoms with Crippen LogP contribution in [0, 0.1) is 13.8 Å². The Bertz CT molecular complexity index is 1270. The molecule has 0 fully saturated rings. The molecule has 1 aliphatic rings. The van der Waals surface area contributed by atoms with Crippen LogP contribution in [-0.2, 0) is 6.54 Å². The Kier molecular flexibility index (Phi) is 4.55. The number of phenolic OH excluding ortho intramolecular Hbond substituents is 1. The van der Waals surface area contributed by atoms with Crippen molar-refractivity contribution in [2.75, 3.05) is 0 Å². The summed E-state index contributed by atoms with van der Waals surface area (Å²) in [6.45, 7) is 4.28. The van der Waals surface area contributed by atoms with Crippen LogP contribution < -0.4 is 0 Å². The minimum Gasteiger partial charge on any atom is -0.507 e. The van der Waals surface area contributed by atoms with Crippen molar-refractivity contribution in [2.45, 2.75) is 26.4 Å². The first-order valence-electron chi connectivity index (χ1n) is 10.2. The number of amides is 1. The Morgan fingerprint density at radius 2 is 1.90 bits per heavy atom. The number of phenols is 1. The molecule has 1 atom stereocenters. The number of nitrogens with one attached hydrogen (secondary N) is 1. The molecule has 3 heterocycles. The molecule has 31 heavy (non-hydrogen) atoms. The molecule has 4 aromatic rings. The second-order valence-electron chi connectivity index (χ2n) is 7.95. The van der Waals surface area contributed by atoms with Gasteiger partial charge in [-0.2, -0.15) is 5.10 Å². The van der Waals surface area contributed by atoms with Crippen molar-refractivity contribution < 1.29 is 9.90 Å². The largest absolute Gasteiger partial charge is 0.507 e. The number of carbonyl (C=O) groups excluding carboxylic acids is 1. The van der Waals surface area contributed by atoms with E-state index in [4.69, 9.17) is 0 Å². The van der Waals surface area contributed by atoms with Crippen LogP contribution in [0.4, 0.5) is 0 Å². The van der Waals surface area contributed by atoms with Crippen LogP contribution in [0.1, 0.15) is 44.3 Å². The molecule has 5 rings (SSSR count). The number of pyridine rings is 1. The van der Waals surface area contributed by atoms with E-state index in [2.05, 4.69) is 15.2 Å². The first-order valence-corrected chi connectivity index (χ1v) is 10.2. The maximum absolute atomic E-state index is 13.4. The Morgan fingerprint density at radius 1 is 1.10 bits per heavy atom. The summed E-state index contributed by atoms with van der Waals surface area (Å²) in [4.78, 5) is 19.4. The summed E-state index contributed by atoms with van der Waals surface area (Å²) in [5.74, 6) is 0.0696. The SMILES string of the molecule is Cc1cc(C)c(O)c(-c2n[nH]c3c2C(c2ccccc2)N(Cc2cccnc2)C3=O)c1. The number of hydrogen-bond donors (Lipinski definition) is 2. The first kappa shape index (κ1) is 19.1. The molecule has 2 aromatic heterocycles. The van der Waals surface area contributed by atoms with Gasteiger partial charge in [0.05, 0.1) is 6.04 Å². The average molecular weight is 410 g/mol. The highest BCUT2D eigenvalue weighted by molar-refractivity contribution is 6.00. The zero-order valence-corrected chi connectivity index (χ0v) is 17.3. The van der Waals surface area contributed by atoms with Crippen LogP contribution in [0.3, 0.4) is 0 Å². The number of aromatic amines is 1. The van der Waals surface area contributed by atoms with Gasteiger partial charge in [-0.25, -0.2) is 0 Å². The number of fused-ring (bicyclic) bond motifs is 1. The highest BCUT2D eigenvalue weighted by atomic mass is 16.3. The zero-order valence-electron chi connectivity index (χ0n) is 17.3. The fourth-order valence-electron chi connectivity index (χ4n) is 4.38. The van der Waals surface area contributed by atoms with Gasteiger partial charge in [0.2, 0.25) is 0 Å². The fourth-order valence-corrected chi connectivity index (χ4v) is 4.38. The number of hydrogen-bond acceptors (Lipinski definition) is 4. The molecular formula is C25H22N4O2. The minimum atomic E-state index is -0.321. The van der Waals surface area contributed by atoms with E-state index in [-0.39, 0.29) is 17.7 Å². The Balaban J connectivity index is 1.69. The van der Waals surface area contributed by atoms with Gasteiger partial charge in [0.15, 0.2) is 0 Å². The summed E-state index contributed by atoms with van der Waals surface area (Å²) in [6, 6.07) is 17.3. The minimum absolute atomic E-state index is 0.115. The summed E-state index contributed by atoms with van der Waals surface area (Å²) in [7, 11) is 0. The van der Waals surface area contributed by atoms with Gasteiger partial charge in [0, 0.05) is 30.1 Å². The highest BCUT2D eigenvalue weighted by Gasteiger charge is 2.42. The monoisotopic (exact) mass is 410 g/mol. The van der Waals surface area contributed by atoms with Crippen molar-refractivity contribution in [1.82, 2.24) is 20.1 Å². The predicted octanol–water partition coefficient (Wildman–Crippen LogP) is 4.54. The second-order valence-corrected chi connectivity index (χ2v) is 7.95. The van der Waals surface area contributed by atoms with Crippen LogP contribution in [-0.4, -0.2) is 31.1 Å². The summed E-state index contributed by atoms with van der Waals surface area (Å²) < 4.78 is 0. The quantitative estimate of drug-likeness (QED) is 0.517. The topological polar surface area (TPSA) is 82.1 Å². The third-order valence-electron chi connectivity index (χ3n) is 5.75. The lowest BCUT2D eigenvalue weighted by Gasteiger charge is -2.26. The van der Waals surface area contributed by atoms with Crippen molar-refractivity contribution in [3.8, 4) is 17.0 Å². The fraction of sp³-hybridized carbons (Fsp3) is 0.160. The van der Waals surface area contributed by atoms with Crippen molar-refractivity contribution >= 4 is 5.91 Å². The molecule has 2 aromatic carbocycles. The van der Waals surface area contributed by atoms with E-state index in [0.717, 1.165) is 27.8 Å². The molecule has 6 nitrogen and oxygen atoms in total. The van der Waals surface area contributed by atoms with E-state index in [1.807, 2.05) is 73.3 Å². The molecule has 0 saturated heterocycles. The van der Waals surface area contributed by atoms with E-state index < -0.39 is 0 Å². The Labute approximate surface area is 180 Å². The van der Waals surface area contributed by atoms with Gasteiger partial charge in [-0.15, -0.1) is 0 Å². The summed E-state index contributed by atoms with van der Waals surface area (Å²) in [5.41, 5.74) is 6.24. The summed E-state index contributed by atoms with van der Waals surface area (Å²) in [5, 5.41) is 18.2. The molecule has 0 radical (unpaired) electrons. The van der Waals surface area contributed by atoms with E-state index in [1.54, 1.807) is 12.4 Å². The molecular weight excluding hydrogens is 388 g/mol. The molecule has 1 aliphatic heterocycles. The van der Waals surface area contributed by atoms with E-state index in [1.165, 1.54) is 0 Å². The van der Waals surface area contributed by atoms with Gasteiger partial charge in [-0.1, -0.05) is 42.5 Å². The van der Waals surface area contributed by atoms with Gasteiger partial charge < -0.3 is 10.0 Å². The summed E-state index contributed by atoms with van der Waals surface area (Å²) in [6.07, 6.45) is 3.49. The molecule has 2 N–H and O–H groups in total. The maximum Gasteiger partial charge on any atom is 0.273 e. The molecule has 154 valence electrons. The van der Waals surface area contributed by atoms with E-state index in [9.17, 15) is 9.90 Å². The normalized spacial score (nSPS) is 15.4. The van der Waals surface area contributed by atoms with Gasteiger partial charge in [-0.05, 0) is 48.2 Å². The van der Waals surface area contributed by atoms with Crippen LogP contribution in [0.5, 0.6) is 5.75 Å². The van der Waals surface area contributed by atoms with E-state index in [0.29, 0.717) is 23.5 Å². The lowest BCUT2D eigenvalue weighted by molar-refractivity contribution is 0.0730. The predicted molar refractivity (Wildman–Crippen MR) is 118 cm³/mol. The number of aromatic hydroxyl groups is 1. The van der Waals surface area contributed by atoms with Gasteiger partial charge in [0.1, 0.15) is 17.1 Å². The Morgan fingerprint density at radius 3 is 2.65 bits per heavy atom. The van der Waals surface area contributed by atoms with Crippen molar-refractivity contribution in [3.05, 3.63) is 101 Å². The van der Waals surface area contributed by atoms with Crippen LogP contribution in [0.15, 0.2) is 67.0 Å². The standard InChI is InChI=1S/C25H22N4O2/c1-15-11-16(2)24(30)19(12-15)21-20-22(28-27-21)25(31)29(14-17-7-6-10-26-13-17)23(20)18-8-4-3-5-9-18/h3-13,23,30H,14H2,1-2H3,(H,27,28). The molecule has 0 bridgehead atoms. The third-order valence-corrected chi connectivity index (χ3v) is 5.75. The number of nitrogens with zero attached hydrogens (tertiary/aromatic N) is 3. The number of carbonyl (C=O) groups is 1. The summed E-state index contributed by atoms with van der Waals surface area (Å²) >= 11 is 0. The molecule has 0 aliphatic carbocycles. The molecule has 1 unspecified atom stereocenters. The van der Waals surface area contributed by atoms with Gasteiger partial charge in [-0.3, -0.25) is 14.9 Å². The second kappa shape index (κ2) is 7.40. The Hall–Kier alpha value is -3.93. The lowest BCUT2D eigenvalue weighted by atomic mass is 9.94. The zero-order chi connectivity index (χ0) is 21.5. The maximum atomic E-state index is 13.4. The molecule has 6 heteroatoms. The van der Waals surface area contributed by atoms with Crippen molar-refractivity contribution in [1.29, 1.82) is 0 Å². The van der Waals surface area contributed by atoms with E-state index >= 15 is 0 Å². The smallest absolute Gasteiger partial charge is 0.273 e. The number of aryl methyl sites for hydroxylation is 2. The molecule has 1 amide bonds. The van der Waals surface area contributed by atoms with Gasteiger partial charge in [0.25, 0.3) is 5.91 Å². The van der Waals surface area contributed by atoms with Gasteiger partial charge >= 0.3 is 0 Å². The lowest BCUT2D eigenvalue weighted by Crippen LogP contribution is -2.29. The van der Waals surface area contributed by atoms with Crippen LogP contribution >= 0.6 is 0 Å². The molecule has 0 spiro atoms. The number of H-pyrrole nitrogens is 1. The number of benzene rings is 2. The highest BCUT2D eigenvalue weighted by Crippen LogP contribution is 2.45. The van der Waals surface area contributed by atoms with Crippen LogP contribution in [0.25, 0.3) is 11.3 Å². The van der Waals surface area contributed by atoms with Crippen LogP contribution in [0.2, 0.25) is 0 Å². The van der Waals surface area contributed by atoms with Crippen molar-refractivity contribution in [2.24, 2.45) is 0 Å².